The average Bonchev–Trinajstić information content (AvgIpc) is 3.13. The topological polar surface area (TPSA) is 96.6 Å². The summed E-state index contributed by atoms with van der Waals surface area (Å²) < 4.78 is 22.6. The van der Waals surface area contributed by atoms with Gasteiger partial charge >= 0.3 is 0 Å². The molecule has 22 heavy (non-hydrogen) atoms. The van der Waals surface area contributed by atoms with Crippen molar-refractivity contribution in [3.8, 4) is 0 Å². The van der Waals surface area contributed by atoms with Gasteiger partial charge in [-0.15, -0.1) is 22.7 Å². The monoisotopic (exact) mass is 358 g/mol. The molecule has 0 radical (unpaired) electrons. The van der Waals surface area contributed by atoms with Crippen LogP contribution < -0.4 is 15.8 Å². The van der Waals surface area contributed by atoms with E-state index in [-0.39, 0.29) is 4.21 Å². The number of primary sulfonamides is 1. The minimum atomic E-state index is -3.62. The summed E-state index contributed by atoms with van der Waals surface area (Å²) in [6.45, 7) is 1.28. The van der Waals surface area contributed by atoms with Crippen LogP contribution in [0, 0.1) is 0 Å². The van der Waals surface area contributed by atoms with E-state index in [4.69, 9.17) is 5.14 Å². The standard InChI is InChI=1S/C13H18N4O2S3/c1-15-13(16-7-6-10-3-2-8-20-10)17-9-11-4-5-12(21-11)22(14,18)19/h2-5,8H,6-7,9H2,1H3,(H2,14,18,19)(H2,15,16,17). The van der Waals surface area contributed by atoms with Crippen LogP contribution in [0.15, 0.2) is 38.8 Å². The Morgan fingerprint density at radius 1 is 1.27 bits per heavy atom. The fourth-order valence-electron chi connectivity index (χ4n) is 1.76. The summed E-state index contributed by atoms with van der Waals surface area (Å²) in [5.74, 6) is 0.683. The maximum absolute atomic E-state index is 11.2. The molecule has 0 unspecified atom stereocenters. The van der Waals surface area contributed by atoms with E-state index >= 15 is 0 Å². The molecule has 4 N–H and O–H groups in total. The van der Waals surface area contributed by atoms with Crippen molar-refractivity contribution in [1.82, 2.24) is 10.6 Å². The molecule has 0 saturated carbocycles. The van der Waals surface area contributed by atoms with Gasteiger partial charge in [-0.3, -0.25) is 4.99 Å². The van der Waals surface area contributed by atoms with E-state index in [1.165, 1.54) is 10.9 Å². The minimum absolute atomic E-state index is 0.171. The lowest BCUT2D eigenvalue weighted by molar-refractivity contribution is 0.600. The maximum atomic E-state index is 11.2. The predicted molar refractivity (Wildman–Crippen MR) is 91.9 cm³/mol. The molecular weight excluding hydrogens is 340 g/mol. The van der Waals surface area contributed by atoms with E-state index in [2.05, 4.69) is 27.1 Å². The molecule has 2 aromatic rings. The largest absolute Gasteiger partial charge is 0.356 e. The van der Waals surface area contributed by atoms with Crippen molar-refractivity contribution in [1.29, 1.82) is 0 Å². The molecule has 0 fully saturated rings. The molecular formula is C13H18N4O2S3. The normalized spacial score (nSPS) is 12.4. The van der Waals surface area contributed by atoms with Crippen LogP contribution in [0.4, 0.5) is 0 Å². The van der Waals surface area contributed by atoms with Gasteiger partial charge in [0.05, 0.1) is 6.54 Å². The van der Waals surface area contributed by atoms with E-state index in [0.29, 0.717) is 12.5 Å². The van der Waals surface area contributed by atoms with Crippen molar-refractivity contribution in [3.05, 3.63) is 39.4 Å². The molecule has 9 heteroatoms. The van der Waals surface area contributed by atoms with Crippen LogP contribution in [0.1, 0.15) is 9.75 Å². The van der Waals surface area contributed by atoms with Gasteiger partial charge in [-0.2, -0.15) is 0 Å². The Morgan fingerprint density at radius 2 is 2.09 bits per heavy atom. The number of hydrogen-bond donors (Lipinski definition) is 3. The van der Waals surface area contributed by atoms with Gasteiger partial charge in [0.1, 0.15) is 4.21 Å². The zero-order valence-electron chi connectivity index (χ0n) is 12.1. The summed E-state index contributed by atoms with van der Waals surface area (Å²) in [6, 6.07) is 7.40. The molecule has 0 saturated heterocycles. The van der Waals surface area contributed by atoms with Gasteiger partial charge < -0.3 is 10.6 Å². The molecule has 0 aliphatic rings. The zero-order valence-corrected chi connectivity index (χ0v) is 14.5. The Hall–Kier alpha value is -1.42. The van der Waals surface area contributed by atoms with Gasteiger partial charge in [-0.25, -0.2) is 13.6 Å². The molecule has 0 spiro atoms. The van der Waals surface area contributed by atoms with E-state index in [1.807, 2.05) is 6.07 Å². The van der Waals surface area contributed by atoms with Gasteiger partial charge in [0.15, 0.2) is 5.96 Å². The van der Waals surface area contributed by atoms with Crippen LogP contribution in [-0.4, -0.2) is 28.0 Å². The average molecular weight is 359 g/mol. The highest BCUT2D eigenvalue weighted by Gasteiger charge is 2.11. The summed E-state index contributed by atoms with van der Waals surface area (Å²) in [5.41, 5.74) is 0. The Balaban J connectivity index is 1.80. The number of sulfonamides is 1. The highest BCUT2D eigenvalue weighted by Crippen LogP contribution is 2.19. The summed E-state index contributed by atoms with van der Waals surface area (Å²) in [7, 11) is -1.92. The first-order chi connectivity index (χ1) is 10.5. The molecule has 0 atom stereocenters. The SMILES string of the molecule is CN=C(NCCc1cccs1)NCc1ccc(S(N)(=O)=O)s1. The van der Waals surface area contributed by atoms with Gasteiger partial charge in [-0.05, 0) is 30.0 Å². The zero-order chi connectivity index (χ0) is 16.0. The lowest BCUT2D eigenvalue weighted by Gasteiger charge is -2.10. The molecule has 2 aromatic heterocycles. The van der Waals surface area contributed by atoms with Crippen molar-refractivity contribution in [2.75, 3.05) is 13.6 Å². The summed E-state index contributed by atoms with van der Waals surface area (Å²) in [6.07, 6.45) is 0.937. The number of nitrogens with zero attached hydrogens (tertiary/aromatic N) is 1. The fraction of sp³-hybridized carbons (Fsp3) is 0.308. The van der Waals surface area contributed by atoms with E-state index in [0.717, 1.165) is 29.2 Å². The quantitative estimate of drug-likeness (QED) is 0.537. The second-order valence-corrected chi connectivity index (χ2v) is 8.44. The number of nitrogens with two attached hydrogens (primary N) is 1. The van der Waals surface area contributed by atoms with Gasteiger partial charge in [0, 0.05) is 23.3 Å². The number of hydrogen-bond acceptors (Lipinski definition) is 5. The summed E-state index contributed by atoms with van der Waals surface area (Å²) in [5, 5.41) is 13.5. The maximum Gasteiger partial charge on any atom is 0.247 e. The highest BCUT2D eigenvalue weighted by atomic mass is 32.2. The molecule has 2 rings (SSSR count). The predicted octanol–water partition coefficient (Wildman–Crippen LogP) is 1.36. The molecule has 0 aromatic carbocycles. The molecule has 0 bridgehead atoms. The van der Waals surface area contributed by atoms with E-state index < -0.39 is 10.0 Å². The van der Waals surface area contributed by atoms with Crippen LogP contribution in [0.25, 0.3) is 0 Å². The van der Waals surface area contributed by atoms with Crippen molar-refractivity contribution in [3.63, 3.8) is 0 Å². The molecule has 6 nitrogen and oxygen atoms in total. The first kappa shape index (κ1) is 16.9. The minimum Gasteiger partial charge on any atom is -0.356 e. The second-order valence-electron chi connectivity index (χ2n) is 4.45. The Labute approximate surface area is 138 Å². The van der Waals surface area contributed by atoms with Crippen molar-refractivity contribution >= 4 is 38.7 Å². The fourth-order valence-corrected chi connectivity index (χ4v) is 4.18. The Morgan fingerprint density at radius 3 is 2.68 bits per heavy atom. The molecule has 2 heterocycles. The van der Waals surface area contributed by atoms with Gasteiger partial charge in [0.2, 0.25) is 10.0 Å². The van der Waals surface area contributed by atoms with Crippen molar-refractivity contribution < 1.29 is 8.42 Å². The third-order valence-electron chi connectivity index (χ3n) is 2.82. The van der Waals surface area contributed by atoms with Crippen LogP contribution >= 0.6 is 22.7 Å². The lowest BCUT2D eigenvalue weighted by atomic mass is 10.3. The lowest BCUT2D eigenvalue weighted by Crippen LogP contribution is -2.37. The van der Waals surface area contributed by atoms with Gasteiger partial charge in [-0.1, -0.05) is 6.07 Å². The number of rotatable bonds is 6. The summed E-state index contributed by atoms with van der Waals surface area (Å²) >= 11 is 2.89. The Kier molecular flexibility index (Phi) is 5.95. The number of nitrogens with one attached hydrogen (secondary N) is 2. The van der Waals surface area contributed by atoms with Crippen LogP contribution in [0.2, 0.25) is 0 Å². The number of aliphatic imine (C=N–C) groups is 1. The molecule has 0 aliphatic carbocycles. The molecule has 120 valence electrons. The Bertz CT molecular complexity index is 720. The second kappa shape index (κ2) is 7.73. The first-order valence-corrected chi connectivity index (χ1v) is 9.81. The van der Waals surface area contributed by atoms with Crippen LogP contribution in [0.3, 0.4) is 0 Å². The van der Waals surface area contributed by atoms with Crippen LogP contribution in [0.5, 0.6) is 0 Å². The van der Waals surface area contributed by atoms with Crippen molar-refractivity contribution in [2.45, 2.75) is 17.2 Å². The first-order valence-electron chi connectivity index (χ1n) is 6.57. The van der Waals surface area contributed by atoms with Gasteiger partial charge in [0.25, 0.3) is 0 Å². The smallest absolute Gasteiger partial charge is 0.247 e. The number of guanidine groups is 1. The van der Waals surface area contributed by atoms with Crippen molar-refractivity contribution in [2.24, 2.45) is 10.1 Å². The van der Waals surface area contributed by atoms with Crippen LogP contribution in [-0.2, 0) is 23.0 Å². The third-order valence-corrected chi connectivity index (χ3v) is 6.27. The van der Waals surface area contributed by atoms with E-state index in [1.54, 1.807) is 24.5 Å². The summed E-state index contributed by atoms with van der Waals surface area (Å²) in [4.78, 5) is 6.34. The molecule has 0 amide bonds. The van der Waals surface area contributed by atoms with E-state index in [9.17, 15) is 8.42 Å². The highest BCUT2D eigenvalue weighted by molar-refractivity contribution is 7.91. The molecule has 0 aliphatic heterocycles. The third kappa shape index (κ3) is 5.09. The number of thiophene rings is 2.